The fourth-order valence-electron chi connectivity index (χ4n) is 3.42. The summed E-state index contributed by atoms with van der Waals surface area (Å²) in [5.41, 5.74) is 2.13. The molecule has 0 fully saturated rings. The van der Waals surface area contributed by atoms with E-state index in [0.29, 0.717) is 44.7 Å². The van der Waals surface area contributed by atoms with Gasteiger partial charge >= 0.3 is 0 Å². The van der Waals surface area contributed by atoms with E-state index >= 15 is 0 Å². The normalized spacial score (nSPS) is 12.4. The van der Waals surface area contributed by atoms with E-state index in [9.17, 15) is 9.59 Å². The second kappa shape index (κ2) is 8.86. The second-order valence-corrected chi connectivity index (χ2v) is 7.59. The van der Waals surface area contributed by atoms with Crippen molar-refractivity contribution in [3.05, 3.63) is 76.8 Å². The minimum absolute atomic E-state index is 0.216. The fourth-order valence-corrected chi connectivity index (χ4v) is 3.88. The molecule has 0 atom stereocenters. The Balaban J connectivity index is 1.60. The van der Waals surface area contributed by atoms with Crippen LogP contribution in [0.15, 0.2) is 60.7 Å². The maximum absolute atomic E-state index is 12.9. The van der Waals surface area contributed by atoms with Crippen molar-refractivity contribution in [2.24, 2.45) is 0 Å². The number of nitrogens with zero attached hydrogens (tertiary/aromatic N) is 1. The summed E-state index contributed by atoms with van der Waals surface area (Å²) in [7, 11) is 3.03. The summed E-state index contributed by atoms with van der Waals surface area (Å²) in [5.74, 6) is 0.164. The van der Waals surface area contributed by atoms with Gasteiger partial charge in [0.1, 0.15) is 11.5 Å². The summed E-state index contributed by atoms with van der Waals surface area (Å²) in [4.78, 5) is 26.9. The van der Waals surface area contributed by atoms with Crippen LogP contribution < -0.4 is 25.0 Å². The van der Waals surface area contributed by atoms with Crippen LogP contribution in [-0.4, -0.2) is 31.1 Å². The van der Waals surface area contributed by atoms with E-state index in [1.807, 2.05) is 0 Å². The average molecular weight is 468 g/mol. The van der Waals surface area contributed by atoms with Crippen LogP contribution >= 0.6 is 23.8 Å². The van der Waals surface area contributed by atoms with Gasteiger partial charge in [-0.05, 0) is 42.5 Å². The molecule has 0 saturated heterocycles. The van der Waals surface area contributed by atoms with Crippen molar-refractivity contribution in [1.29, 1.82) is 0 Å². The minimum atomic E-state index is -0.387. The van der Waals surface area contributed by atoms with Gasteiger partial charge in [-0.25, -0.2) is 4.90 Å². The summed E-state index contributed by atoms with van der Waals surface area (Å²) >= 11 is 11.7. The number of halogens is 1. The predicted molar refractivity (Wildman–Crippen MR) is 128 cm³/mol. The lowest BCUT2D eigenvalue weighted by atomic mass is 10.1. The first-order valence-electron chi connectivity index (χ1n) is 9.51. The molecule has 0 saturated carbocycles. The van der Waals surface area contributed by atoms with E-state index in [1.165, 1.54) is 14.2 Å². The van der Waals surface area contributed by atoms with Crippen LogP contribution in [-0.2, 0) is 0 Å². The number of carbonyl (C=O) groups is 2. The van der Waals surface area contributed by atoms with Crippen molar-refractivity contribution in [1.82, 2.24) is 0 Å². The maximum atomic E-state index is 12.9. The monoisotopic (exact) mass is 467 g/mol. The molecule has 2 amide bonds. The molecule has 7 nitrogen and oxygen atoms in total. The largest absolute Gasteiger partial charge is 0.495 e. The van der Waals surface area contributed by atoms with Crippen molar-refractivity contribution in [2.45, 2.75) is 0 Å². The molecule has 4 rings (SSSR count). The highest BCUT2D eigenvalue weighted by atomic mass is 35.5. The number of anilines is 3. The van der Waals surface area contributed by atoms with Crippen LogP contribution in [0.3, 0.4) is 0 Å². The van der Waals surface area contributed by atoms with Crippen LogP contribution in [0.4, 0.5) is 17.1 Å². The quantitative estimate of drug-likeness (QED) is 0.405. The standard InChI is InChI=1S/C23H18ClN3O4S/c1-30-19-12-20(31-2)17(11-15(19)24)26-23(32)25-16-9-5-6-10-18(16)27-21(28)13-7-3-4-8-14(13)22(27)29/h3-12H,1-2H3,(H2,25,26,32). The number of para-hydroxylation sites is 2. The minimum Gasteiger partial charge on any atom is -0.495 e. The Morgan fingerprint density at radius 1 is 0.844 bits per heavy atom. The van der Waals surface area contributed by atoms with Crippen LogP contribution in [0.5, 0.6) is 11.5 Å². The predicted octanol–water partition coefficient (Wildman–Crippen LogP) is 4.97. The van der Waals surface area contributed by atoms with Gasteiger partial charge < -0.3 is 20.1 Å². The molecule has 1 heterocycles. The summed E-state index contributed by atoms with van der Waals surface area (Å²) < 4.78 is 10.6. The lowest BCUT2D eigenvalue weighted by molar-refractivity contribution is 0.0926. The number of amides is 2. The summed E-state index contributed by atoms with van der Waals surface area (Å²) in [6.45, 7) is 0. The molecule has 0 radical (unpaired) electrons. The molecule has 3 aromatic carbocycles. The third-order valence-corrected chi connectivity index (χ3v) is 5.41. The Morgan fingerprint density at radius 2 is 1.41 bits per heavy atom. The van der Waals surface area contributed by atoms with Crippen molar-refractivity contribution in [2.75, 3.05) is 29.8 Å². The highest BCUT2D eigenvalue weighted by Crippen LogP contribution is 2.37. The number of thiocarbonyl (C=S) groups is 1. The lowest BCUT2D eigenvalue weighted by Crippen LogP contribution is -2.31. The first-order chi connectivity index (χ1) is 15.4. The molecule has 0 bridgehead atoms. The smallest absolute Gasteiger partial charge is 0.266 e. The number of hydrogen-bond acceptors (Lipinski definition) is 5. The van der Waals surface area contributed by atoms with E-state index in [1.54, 1.807) is 60.7 Å². The Labute approximate surface area is 194 Å². The molecule has 0 aromatic heterocycles. The van der Waals surface area contributed by atoms with Gasteiger partial charge in [-0.3, -0.25) is 9.59 Å². The molecule has 0 spiro atoms. The molecular formula is C23H18ClN3O4S. The van der Waals surface area contributed by atoms with Gasteiger partial charge in [0.25, 0.3) is 11.8 Å². The fraction of sp³-hybridized carbons (Fsp3) is 0.0870. The number of carbonyl (C=O) groups excluding carboxylic acids is 2. The number of imide groups is 1. The summed E-state index contributed by atoms with van der Waals surface area (Å²) in [6, 6.07) is 16.9. The van der Waals surface area contributed by atoms with Crippen LogP contribution in [0.25, 0.3) is 0 Å². The number of fused-ring (bicyclic) bond motifs is 1. The molecule has 1 aliphatic heterocycles. The average Bonchev–Trinajstić information content (AvgIpc) is 3.04. The van der Waals surface area contributed by atoms with Gasteiger partial charge in [-0.15, -0.1) is 0 Å². The molecule has 162 valence electrons. The van der Waals surface area contributed by atoms with E-state index in [-0.39, 0.29) is 16.9 Å². The number of nitrogens with one attached hydrogen (secondary N) is 2. The SMILES string of the molecule is COc1cc(OC)c(NC(=S)Nc2ccccc2N2C(=O)c3ccccc3C2=O)cc1Cl. The van der Waals surface area contributed by atoms with Crippen LogP contribution in [0.2, 0.25) is 5.02 Å². The molecule has 0 aliphatic carbocycles. The summed E-state index contributed by atoms with van der Waals surface area (Å²) in [5, 5.41) is 6.67. The Kier molecular flexibility index (Phi) is 5.98. The van der Waals surface area contributed by atoms with Gasteiger partial charge in [0, 0.05) is 6.07 Å². The van der Waals surface area contributed by atoms with Gasteiger partial charge in [-0.2, -0.15) is 0 Å². The van der Waals surface area contributed by atoms with E-state index < -0.39 is 0 Å². The zero-order chi connectivity index (χ0) is 22.8. The molecule has 2 N–H and O–H groups in total. The number of methoxy groups -OCH3 is 2. The number of benzene rings is 3. The molecule has 9 heteroatoms. The van der Waals surface area contributed by atoms with E-state index in [0.717, 1.165) is 4.90 Å². The molecule has 3 aromatic rings. The highest BCUT2D eigenvalue weighted by Gasteiger charge is 2.37. The molecule has 0 unspecified atom stereocenters. The Bertz CT molecular complexity index is 1210. The van der Waals surface area contributed by atoms with E-state index in [2.05, 4.69) is 10.6 Å². The molecule has 1 aliphatic rings. The zero-order valence-electron chi connectivity index (χ0n) is 17.1. The Hall–Kier alpha value is -3.62. The number of hydrogen-bond donors (Lipinski definition) is 2. The second-order valence-electron chi connectivity index (χ2n) is 6.77. The van der Waals surface area contributed by atoms with Crippen molar-refractivity contribution < 1.29 is 19.1 Å². The topological polar surface area (TPSA) is 79.9 Å². The van der Waals surface area contributed by atoms with Gasteiger partial charge in [0.2, 0.25) is 0 Å². The van der Waals surface area contributed by atoms with Crippen molar-refractivity contribution in [3.8, 4) is 11.5 Å². The van der Waals surface area contributed by atoms with Crippen molar-refractivity contribution >= 4 is 57.8 Å². The van der Waals surface area contributed by atoms with Gasteiger partial charge in [-0.1, -0.05) is 35.9 Å². The van der Waals surface area contributed by atoms with Gasteiger partial charge in [0.15, 0.2) is 5.11 Å². The van der Waals surface area contributed by atoms with Crippen molar-refractivity contribution in [3.63, 3.8) is 0 Å². The number of rotatable bonds is 5. The lowest BCUT2D eigenvalue weighted by Gasteiger charge is -2.20. The van der Waals surface area contributed by atoms with E-state index in [4.69, 9.17) is 33.3 Å². The highest BCUT2D eigenvalue weighted by molar-refractivity contribution is 7.80. The zero-order valence-corrected chi connectivity index (χ0v) is 18.7. The van der Waals surface area contributed by atoms with Crippen LogP contribution in [0.1, 0.15) is 20.7 Å². The van der Waals surface area contributed by atoms with Crippen LogP contribution in [0, 0.1) is 0 Å². The third-order valence-electron chi connectivity index (χ3n) is 4.91. The first kappa shape index (κ1) is 21.6. The molecular weight excluding hydrogens is 450 g/mol. The molecule has 32 heavy (non-hydrogen) atoms. The Morgan fingerprint density at radius 3 is 2.03 bits per heavy atom. The third kappa shape index (κ3) is 3.86. The number of ether oxygens (including phenoxy) is 2. The maximum Gasteiger partial charge on any atom is 0.266 e. The van der Waals surface area contributed by atoms with Gasteiger partial charge in [0.05, 0.1) is 47.4 Å². The first-order valence-corrected chi connectivity index (χ1v) is 10.3. The summed E-state index contributed by atoms with van der Waals surface area (Å²) in [6.07, 6.45) is 0.